The van der Waals surface area contributed by atoms with Crippen LogP contribution in [0.25, 0.3) is 0 Å². The fourth-order valence-corrected chi connectivity index (χ4v) is 5.23. The van der Waals surface area contributed by atoms with Gasteiger partial charge in [-0.05, 0) is 20.8 Å². The maximum absolute atomic E-state index is 6.20. The summed E-state index contributed by atoms with van der Waals surface area (Å²) < 4.78 is 6.20. The van der Waals surface area contributed by atoms with E-state index in [1.54, 1.807) is 0 Å². The molecule has 0 aliphatic rings. The molecule has 0 saturated carbocycles. The second-order valence-electron chi connectivity index (χ2n) is 6.11. The van der Waals surface area contributed by atoms with E-state index in [0.29, 0.717) is 0 Å². The van der Waals surface area contributed by atoms with Crippen LogP contribution >= 0.6 is 0 Å². The largest absolute Gasteiger partial charge is 1.00 e. The number of hydrogen-bond donors (Lipinski definition) is 0. The third-order valence-electron chi connectivity index (χ3n) is 1.99. The first kappa shape index (κ1) is 18.8. The molecule has 3 heteroatoms. The Kier molecular flexibility index (Phi) is 10.8. The summed E-state index contributed by atoms with van der Waals surface area (Å²) in [6.45, 7) is 15.7. The number of hydrogen-bond acceptors (Lipinski definition) is 1. The van der Waals surface area contributed by atoms with Crippen molar-refractivity contribution in [2.24, 2.45) is 11.8 Å². The fourth-order valence-electron chi connectivity index (χ4n) is 1.74. The third-order valence-corrected chi connectivity index (χ3v) is 5.97. The Bertz CT molecular complexity index is 148. The second-order valence-corrected chi connectivity index (χ2v) is 8.53. The van der Waals surface area contributed by atoms with Gasteiger partial charge in [0.25, 0.3) is 0 Å². The van der Waals surface area contributed by atoms with Crippen molar-refractivity contribution in [3.63, 3.8) is 0 Å². The minimum Gasteiger partial charge on any atom is -1.00 e. The fraction of sp³-hybridized carbons (Fsp3) is 1.00. The average molecular weight is 238 g/mol. The van der Waals surface area contributed by atoms with Crippen molar-refractivity contribution in [2.45, 2.75) is 64.6 Å². The maximum atomic E-state index is 6.20. The van der Waals surface area contributed by atoms with E-state index in [1.165, 1.54) is 10.6 Å². The van der Waals surface area contributed by atoms with Crippen LogP contribution in [-0.2, 0) is 3.79 Å². The summed E-state index contributed by atoms with van der Waals surface area (Å²) in [5.74, 6) is 1.57. The van der Waals surface area contributed by atoms with Gasteiger partial charge in [-0.1, -0.05) is 50.1 Å². The van der Waals surface area contributed by atoms with Crippen molar-refractivity contribution < 1.29 is 34.8 Å². The van der Waals surface area contributed by atoms with Crippen molar-refractivity contribution >= 4 is 14.5 Å². The second kappa shape index (κ2) is 8.56. The summed E-state index contributed by atoms with van der Waals surface area (Å²) >= 11 is -0.975. The quantitative estimate of drug-likeness (QED) is 0.654. The Balaban J connectivity index is -0.000000845. The van der Waals surface area contributed by atoms with Gasteiger partial charge in [0.2, 0.25) is 0 Å². The molecule has 15 heavy (non-hydrogen) atoms. The van der Waals surface area contributed by atoms with Crippen LogP contribution < -0.4 is 29.6 Å². The van der Waals surface area contributed by atoms with Crippen molar-refractivity contribution in [1.82, 2.24) is 0 Å². The van der Waals surface area contributed by atoms with Crippen molar-refractivity contribution in [1.29, 1.82) is 0 Å². The molecule has 0 N–H and O–H groups in total. The smallest absolute Gasteiger partial charge is 1.00 e. The van der Waals surface area contributed by atoms with Crippen molar-refractivity contribution in [2.75, 3.05) is 0 Å². The minimum absolute atomic E-state index is 0. The Morgan fingerprint density at radius 1 is 1.00 bits per heavy atom. The Morgan fingerprint density at radius 2 is 1.33 bits per heavy atom. The molecule has 0 aliphatic carbocycles. The Morgan fingerprint density at radius 3 is 1.53 bits per heavy atom. The molecule has 1 nitrogen and oxygen atoms in total. The molecular weight excluding hydrogens is 210 g/mol. The van der Waals surface area contributed by atoms with Crippen LogP contribution in [0.2, 0.25) is 10.6 Å². The zero-order chi connectivity index (χ0) is 11.4. The predicted molar refractivity (Wildman–Crippen MR) is 67.0 cm³/mol. The summed E-state index contributed by atoms with van der Waals surface area (Å²) in [7, 11) is 0. The van der Waals surface area contributed by atoms with E-state index < -0.39 is 14.5 Å². The van der Waals surface area contributed by atoms with Crippen LogP contribution in [0.5, 0.6) is 0 Å². The van der Waals surface area contributed by atoms with Gasteiger partial charge in [0.15, 0.2) is 0 Å². The summed E-state index contributed by atoms with van der Waals surface area (Å²) in [5.41, 5.74) is 0.0562. The molecule has 0 amide bonds. The van der Waals surface area contributed by atoms with Gasteiger partial charge in [-0.3, -0.25) is 0 Å². The van der Waals surface area contributed by atoms with Gasteiger partial charge < -0.3 is 5.22 Å². The van der Waals surface area contributed by atoms with Crippen molar-refractivity contribution in [3.05, 3.63) is 0 Å². The first-order valence-electron chi connectivity index (χ1n) is 5.88. The van der Waals surface area contributed by atoms with Gasteiger partial charge in [0.05, 0.1) is 0 Å². The van der Waals surface area contributed by atoms with Crippen LogP contribution in [0.3, 0.4) is 0 Å². The van der Waals surface area contributed by atoms with Gasteiger partial charge in [0, 0.05) is 5.60 Å². The SMILES string of the molecule is CC(C)[CH2][Al]([CH2]C(C)C)[O]C(C)(C)C.[H-].[Na+]. The van der Waals surface area contributed by atoms with E-state index in [-0.39, 0.29) is 36.6 Å². The molecule has 0 unspecified atom stereocenters. The summed E-state index contributed by atoms with van der Waals surface area (Å²) in [6.07, 6.45) is 0. The van der Waals surface area contributed by atoms with Crippen LogP contribution in [0.4, 0.5) is 0 Å². The molecule has 0 aromatic carbocycles. The molecule has 0 bridgehead atoms. The van der Waals surface area contributed by atoms with Gasteiger partial charge in [-0.2, -0.15) is 0 Å². The molecule has 86 valence electrons. The van der Waals surface area contributed by atoms with E-state index >= 15 is 0 Å². The summed E-state index contributed by atoms with van der Waals surface area (Å²) in [5, 5.41) is 2.63. The van der Waals surface area contributed by atoms with E-state index in [9.17, 15) is 0 Å². The van der Waals surface area contributed by atoms with Gasteiger partial charge in [-0.15, -0.1) is 0 Å². The summed E-state index contributed by atoms with van der Waals surface area (Å²) in [6, 6.07) is 0. The average Bonchev–Trinajstić information content (AvgIpc) is 1.77. The molecule has 0 spiro atoms. The van der Waals surface area contributed by atoms with Crippen LogP contribution in [0, 0.1) is 11.8 Å². The molecule has 0 aliphatic heterocycles. The van der Waals surface area contributed by atoms with E-state index in [1.807, 2.05) is 0 Å². The molecule has 0 saturated heterocycles. The molecule has 0 radical (unpaired) electrons. The minimum atomic E-state index is -0.975. The molecule has 0 aromatic rings. The van der Waals surface area contributed by atoms with Gasteiger partial charge >= 0.3 is 44.0 Å². The maximum Gasteiger partial charge on any atom is 1.00 e. The zero-order valence-corrected chi connectivity index (χ0v) is 15.2. The topological polar surface area (TPSA) is 9.23 Å². The van der Waals surface area contributed by atoms with Gasteiger partial charge in [-0.25, -0.2) is 0 Å². The number of rotatable bonds is 5. The molecule has 0 aromatic heterocycles. The van der Waals surface area contributed by atoms with E-state index in [2.05, 4.69) is 48.5 Å². The Hall–Kier alpha value is 1.49. The first-order chi connectivity index (χ1) is 6.20. The first-order valence-corrected chi connectivity index (χ1v) is 7.99. The van der Waals surface area contributed by atoms with Crippen LogP contribution in [0.15, 0.2) is 0 Å². The molecule has 0 atom stereocenters. The van der Waals surface area contributed by atoms with Crippen molar-refractivity contribution in [3.8, 4) is 0 Å². The van der Waals surface area contributed by atoms with E-state index in [4.69, 9.17) is 3.79 Å². The predicted octanol–water partition coefficient (Wildman–Crippen LogP) is 1.22. The molecule has 0 heterocycles. The summed E-state index contributed by atoms with van der Waals surface area (Å²) in [4.78, 5) is 0. The molecular formula is C12H28AlNaO. The normalized spacial score (nSPS) is 11.8. The zero-order valence-electron chi connectivity index (χ0n) is 13.1. The van der Waals surface area contributed by atoms with E-state index in [0.717, 1.165) is 11.8 Å². The molecule has 0 fully saturated rings. The monoisotopic (exact) mass is 238 g/mol. The third kappa shape index (κ3) is 13.4. The van der Waals surface area contributed by atoms with Gasteiger partial charge in [0.1, 0.15) is 0 Å². The molecule has 0 rings (SSSR count). The Labute approximate surface area is 125 Å². The standard InChI is InChI=1S/C4H9O.2C4H9.Al.Na.H/c1-4(2,3)5;2*1-4(2)3;;;/h1-3H3;2*4H,1H2,2-3H3;;;/q-1;;;2*+1;-1. The van der Waals surface area contributed by atoms with Crippen LogP contribution in [0.1, 0.15) is 49.9 Å². The van der Waals surface area contributed by atoms with Crippen LogP contribution in [-0.4, -0.2) is 20.1 Å².